The SMILES string of the molecule is CCOC(=O)C[C@H]1C(=O)N(C(C(=O)NCc2ccccc2)c2ccc3ccccc3c2)C[C@]12C=CC(=O)C(OC)=C2. The van der Waals surface area contributed by atoms with Crippen molar-refractivity contribution >= 4 is 34.3 Å². The maximum atomic E-state index is 14.2. The number of methoxy groups -OCH3 is 1. The number of fused-ring (bicyclic) bond motifs is 1. The molecular formula is C33H32N2O6. The highest BCUT2D eigenvalue weighted by atomic mass is 16.5. The lowest BCUT2D eigenvalue weighted by Gasteiger charge is -2.31. The van der Waals surface area contributed by atoms with Crippen molar-refractivity contribution in [2.75, 3.05) is 20.3 Å². The molecule has 3 aromatic carbocycles. The van der Waals surface area contributed by atoms with Crippen LogP contribution in [-0.2, 0) is 35.2 Å². The van der Waals surface area contributed by atoms with Crippen LogP contribution in [0.5, 0.6) is 0 Å². The average Bonchev–Trinajstić information content (AvgIpc) is 3.24. The Hall–Kier alpha value is -4.72. The zero-order chi connectivity index (χ0) is 29.0. The van der Waals surface area contributed by atoms with Crippen LogP contribution in [0.1, 0.15) is 30.5 Å². The lowest BCUT2D eigenvalue weighted by atomic mass is 9.73. The van der Waals surface area contributed by atoms with Crippen molar-refractivity contribution in [2.45, 2.75) is 25.9 Å². The maximum absolute atomic E-state index is 14.2. The number of benzene rings is 3. The summed E-state index contributed by atoms with van der Waals surface area (Å²) in [6.45, 7) is 2.23. The molecule has 1 heterocycles. The largest absolute Gasteiger partial charge is 0.493 e. The molecule has 3 aromatic rings. The predicted octanol–water partition coefficient (Wildman–Crippen LogP) is 4.26. The van der Waals surface area contributed by atoms with Gasteiger partial charge in [-0.2, -0.15) is 0 Å². The van der Waals surface area contributed by atoms with Crippen molar-refractivity contribution in [2.24, 2.45) is 11.3 Å². The van der Waals surface area contributed by atoms with E-state index in [-0.39, 0.29) is 49.5 Å². The van der Waals surface area contributed by atoms with Crippen LogP contribution in [-0.4, -0.2) is 48.7 Å². The summed E-state index contributed by atoms with van der Waals surface area (Å²) < 4.78 is 10.5. The lowest BCUT2D eigenvalue weighted by molar-refractivity contribution is -0.148. The number of rotatable bonds is 9. The van der Waals surface area contributed by atoms with Gasteiger partial charge in [-0.05, 0) is 47.0 Å². The van der Waals surface area contributed by atoms with Gasteiger partial charge >= 0.3 is 5.97 Å². The fourth-order valence-electron chi connectivity index (χ4n) is 5.68. The molecule has 8 heteroatoms. The molecule has 0 aromatic heterocycles. The molecule has 1 N–H and O–H groups in total. The molecule has 0 radical (unpaired) electrons. The lowest BCUT2D eigenvalue weighted by Crippen LogP contribution is -2.42. The van der Waals surface area contributed by atoms with E-state index in [9.17, 15) is 19.2 Å². The van der Waals surface area contributed by atoms with Crippen LogP contribution >= 0.6 is 0 Å². The molecule has 2 amide bonds. The van der Waals surface area contributed by atoms with Crippen molar-refractivity contribution < 1.29 is 28.7 Å². The first kappa shape index (κ1) is 27.8. The number of hydrogen-bond acceptors (Lipinski definition) is 6. The van der Waals surface area contributed by atoms with Crippen molar-refractivity contribution in [1.82, 2.24) is 10.2 Å². The molecule has 1 unspecified atom stereocenters. The average molecular weight is 553 g/mol. The van der Waals surface area contributed by atoms with Gasteiger partial charge in [0.15, 0.2) is 5.76 Å². The summed E-state index contributed by atoms with van der Waals surface area (Å²) in [5, 5.41) is 4.94. The molecule has 3 atom stereocenters. The molecule has 8 nitrogen and oxygen atoms in total. The van der Waals surface area contributed by atoms with E-state index >= 15 is 0 Å². The third kappa shape index (κ3) is 5.63. The number of amides is 2. The fraction of sp³-hybridized carbons (Fsp3) is 0.273. The second-order valence-electron chi connectivity index (χ2n) is 10.3. The third-order valence-electron chi connectivity index (χ3n) is 7.72. The monoisotopic (exact) mass is 552 g/mol. The molecule has 5 rings (SSSR count). The smallest absolute Gasteiger partial charge is 0.306 e. The number of esters is 1. The summed E-state index contributed by atoms with van der Waals surface area (Å²) >= 11 is 0. The summed E-state index contributed by atoms with van der Waals surface area (Å²) in [7, 11) is 1.39. The van der Waals surface area contributed by atoms with Gasteiger partial charge in [-0.3, -0.25) is 19.2 Å². The molecule has 210 valence electrons. The number of ketones is 1. The van der Waals surface area contributed by atoms with Crippen LogP contribution in [0.4, 0.5) is 0 Å². The summed E-state index contributed by atoms with van der Waals surface area (Å²) in [5.74, 6) is -2.38. The molecular weight excluding hydrogens is 520 g/mol. The minimum absolute atomic E-state index is 0.0722. The van der Waals surface area contributed by atoms with Gasteiger partial charge in [0.1, 0.15) is 6.04 Å². The van der Waals surface area contributed by atoms with E-state index in [4.69, 9.17) is 9.47 Å². The molecule has 2 aliphatic rings. The summed E-state index contributed by atoms with van der Waals surface area (Å²) in [6.07, 6.45) is 4.43. The normalized spacial score (nSPS) is 20.7. The van der Waals surface area contributed by atoms with Crippen LogP contribution in [0.2, 0.25) is 0 Å². The Morgan fingerprint density at radius 3 is 2.49 bits per heavy atom. The van der Waals surface area contributed by atoms with Gasteiger partial charge in [0.2, 0.25) is 17.6 Å². The number of ether oxygens (including phenoxy) is 2. The van der Waals surface area contributed by atoms with Crippen LogP contribution in [0.15, 0.2) is 96.8 Å². The van der Waals surface area contributed by atoms with Crippen LogP contribution in [0.3, 0.4) is 0 Å². The summed E-state index contributed by atoms with van der Waals surface area (Å²) in [6, 6.07) is 22.0. The molecule has 1 aliphatic heterocycles. The van der Waals surface area contributed by atoms with Gasteiger partial charge < -0.3 is 19.7 Å². The third-order valence-corrected chi connectivity index (χ3v) is 7.72. The number of likely N-dealkylation sites (tertiary alicyclic amines) is 1. The highest BCUT2D eigenvalue weighted by Gasteiger charge is 2.55. The molecule has 1 fully saturated rings. The molecule has 1 spiro atoms. The Bertz CT molecular complexity index is 1550. The Labute approximate surface area is 238 Å². The molecule has 1 aliphatic carbocycles. The Balaban J connectivity index is 1.56. The highest BCUT2D eigenvalue weighted by molar-refractivity contribution is 6.04. The van der Waals surface area contributed by atoms with Gasteiger partial charge in [-0.25, -0.2) is 0 Å². The standard InChI is InChI=1S/C33H32N2O6/c1-3-41-29(37)18-26-32(39)35(21-33(26)16-15-27(36)28(19-33)40-2)30(31(38)34-20-22-9-5-4-6-10-22)25-14-13-23-11-7-8-12-24(23)17-25/h4-17,19,26,30H,3,18,20-21H2,1-2H3,(H,34,38)/t26-,30?,33+/m0/s1. The molecule has 41 heavy (non-hydrogen) atoms. The van der Waals surface area contributed by atoms with Gasteiger partial charge in [-0.1, -0.05) is 72.8 Å². The molecule has 0 saturated carbocycles. The van der Waals surface area contributed by atoms with E-state index in [1.54, 1.807) is 19.1 Å². The van der Waals surface area contributed by atoms with Crippen molar-refractivity contribution in [3.05, 3.63) is 108 Å². The van der Waals surface area contributed by atoms with Gasteiger partial charge in [0, 0.05) is 18.5 Å². The van der Waals surface area contributed by atoms with Crippen molar-refractivity contribution in [3.8, 4) is 0 Å². The number of carbonyl (C=O) groups excluding carboxylic acids is 4. The quantitative estimate of drug-likeness (QED) is 0.398. The van der Waals surface area contributed by atoms with E-state index in [1.165, 1.54) is 18.1 Å². The maximum Gasteiger partial charge on any atom is 0.306 e. The number of nitrogens with one attached hydrogen (secondary N) is 1. The Morgan fingerprint density at radius 2 is 1.76 bits per heavy atom. The molecule has 1 saturated heterocycles. The highest BCUT2D eigenvalue weighted by Crippen LogP contribution is 2.47. The number of hydrogen-bond donors (Lipinski definition) is 1. The zero-order valence-corrected chi connectivity index (χ0v) is 23.0. The minimum Gasteiger partial charge on any atom is -0.493 e. The van der Waals surface area contributed by atoms with E-state index < -0.39 is 23.3 Å². The van der Waals surface area contributed by atoms with E-state index in [2.05, 4.69) is 5.32 Å². The summed E-state index contributed by atoms with van der Waals surface area (Å²) in [5.41, 5.74) is 0.517. The first-order chi connectivity index (χ1) is 19.8. The summed E-state index contributed by atoms with van der Waals surface area (Å²) in [4.78, 5) is 54.8. The first-order valence-electron chi connectivity index (χ1n) is 13.6. The van der Waals surface area contributed by atoms with Crippen LogP contribution in [0.25, 0.3) is 10.8 Å². The van der Waals surface area contributed by atoms with E-state index in [1.807, 2.05) is 72.8 Å². The number of nitrogens with zero attached hydrogens (tertiary/aromatic N) is 1. The van der Waals surface area contributed by atoms with Gasteiger partial charge in [0.05, 0.1) is 26.1 Å². The van der Waals surface area contributed by atoms with Crippen LogP contribution < -0.4 is 5.32 Å². The Kier molecular flexibility index (Phi) is 8.01. The predicted molar refractivity (Wildman–Crippen MR) is 153 cm³/mol. The van der Waals surface area contributed by atoms with Crippen molar-refractivity contribution in [1.29, 1.82) is 0 Å². The fourth-order valence-corrected chi connectivity index (χ4v) is 5.68. The zero-order valence-electron chi connectivity index (χ0n) is 23.0. The topological polar surface area (TPSA) is 102 Å². The second-order valence-corrected chi connectivity index (χ2v) is 10.3. The van der Waals surface area contributed by atoms with Crippen molar-refractivity contribution in [3.63, 3.8) is 0 Å². The number of carbonyl (C=O) groups is 4. The van der Waals surface area contributed by atoms with E-state index in [0.29, 0.717) is 5.56 Å². The first-order valence-corrected chi connectivity index (χ1v) is 13.6. The van der Waals surface area contributed by atoms with Gasteiger partial charge in [0.25, 0.3) is 0 Å². The second kappa shape index (κ2) is 11.8. The molecule has 0 bridgehead atoms. The minimum atomic E-state index is -1.04. The Morgan fingerprint density at radius 1 is 1.02 bits per heavy atom. The number of allylic oxidation sites excluding steroid dienone is 1. The van der Waals surface area contributed by atoms with Gasteiger partial charge in [-0.15, -0.1) is 0 Å². The van der Waals surface area contributed by atoms with E-state index in [0.717, 1.165) is 16.3 Å². The van der Waals surface area contributed by atoms with Crippen LogP contribution in [0, 0.1) is 11.3 Å².